The average Bonchev–Trinajstić information content (AvgIpc) is 2.55. The second-order valence-electron chi connectivity index (χ2n) is 3.59. The highest BCUT2D eigenvalue weighted by atomic mass is 16.3. The minimum Gasteiger partial charge on any atom is -0.468 e. The van der Waals surface area contributed by atoms with Crippen molar-refractivity contribution in [2.75, 3.05) is 0 Å². The summed E-state index contributed by atoms with van der Waals surface area (Å²) in [6, 6.07) is 4.82. The third-order valence-corrected chi connectivity index (χ3v) is 2.23. The summed E-state index contributed by atoms with van der Waals surface area (Å²) >= 11 is 0. The second kappa shape index (κ2) is 5.07. The van der Waals surface area contributed by atoms with Crippen molar-refractivity contribution in [3.8, 4) is 0 Å². The van der Waals surface area contributed by atoms with Gasteiger partial charge in [0.1, 0.15) is 5.76 Å². The van der Waals surface area contributed by atoms with Crippen LogP contribution in [0.2, 0.25) is 0 Å². The zero-order valence-corrected chi connectivity index (χ0v) is 8.71. The average molecular weight is 181 g/mol. The van der Waals surface area contributed by atoms with Gasteiger partial charge >= 0.3 is 0 Å². The van der Waals surface area contributed by atoms with Crippen LogP contribution in [0.25, 0.3) is 0 Å². The molecule has 0 spiro atoms. The fourth-order valence-corrected chi connectivity index (χ4v) is 1.56. The molecule has 1 aromatic heterocycles. The summed E-state index contributed by atoms with van der Waals surface area (Å²) in [4.78, 5) is 0. The molecule has 74 valence electrons. The van der Waals surface area contributed by atoms with Gasteiger partial charge in [0, 0.05) is 6.04 Å². The Labute approximate surface area is 80.3 Å². The molecule has 0 bridgehead atoms. The van der Waals surface area contributed by atoms with Crippen LogP contribution in [-0.2, 0) is 0 Å². The number of hydrogen-bond donors (Lipinski definition) is 1. The first-order chi connectivity index (χ1) is 6.24. The molecule has 13 heavy (non-hydrogen) atoms. The van der Waals surface area contributed by atoms with Crippen molar-refractivity contribution in [2.45, 2.75) is 45.7 Å². The van der Waals surface area contributed by atoms with Crippen molar-refractivity contribution in [1.82, 2.24) is 5.32 Å². The Morgan fingerprint density at radius 3 is 2.77 bits per heavy atom. The first kappa shape index (κ1) is 10.3. The zero-order valence-electron chi connectivity index (χ0n) is 8.71. The largest absolute Gasteiger partial charge is 0.468 e. The van der Waals surface area contributed by atoms with Crippen LogP contribution in [0.3, 0.4) is 0 Å². The van der Waals surface area contributed by atoms with Crippen LogP contribution in [-0.4, -0.2) is 6.04 Å². The highest BCUT2D eigenvalue weighted by Gasteiger charge is 2.10. The molecule has 1 aromatic rings. The molecule has 2 atom stereocenters. The molecule has 0 saturated carbocycles. The molecule has 0 fully saturated rings. The van der Waals surface area contributed by atoms with Crippen LogP contribution in [0.1, 0.15) is 45.4 Å². The SMILES string of the molecule is CCCC(C)NC(C)c1ccco1. The normalized spacial score (nSPS) is 15.6. The lowest BCUT2D eigenvalue weighted by atomic mass is 10.1. The smallest absolute Gasteiger partial charge is 0.120 e. The van der Waals surface area contributed by atoms with Gasteiger partial charge in [0.25, 0.3) is 0 Å². The summed E-state index contributed by atoms with van der Waals surface area (Å²) in [5.74, 6) is 1.02. The molecular weight excluding hydrogens is 162 g/mol. The number of furan rings is 1. The van der Waals surface area contributed by atoms with Crippen molar-refractivity contribution in [3.05, 3.63) is 24.2 Å². The van der Waals surface area contributed by atoms with E-state index in [0.717, 1.165) is 5.76 Å². The Morgan fingerprint density at radius 1 is 1.46 bits per heavy atom. The quantitative estimate of drug-likeness (QED) is 0.755. The number of rotatable bonds is 5. The Kier molecular flexibility index (Phi) is 4.03. The van der Waals surface area contributed by atoms with E-state index in [1.54, 1.807) is 6.26 Å². The van der Waals surface area contributed by atoms with E-state index in [1.165, 1.54) is 12.8 Å². The van der Waals surface area contributed by atoms with Gasteiger partial charge in [-0.05, 0) is 32.4 Å². The van der Waals surface area contributed by atoms with Gasteiger partial charge in [0.05, 0.1) is 12.3 Å². The lowest BCUT2D eigenvalue weighted by molar-refractivity contribution is 0.387. The molecule has 1 heterocycles. The van der Waals surface area contributed by atoms with E-state index in [4.69, 9.17) is 4.42 Å². The van der Waals surface area contributed by atoms with Gasteiger partial charge in [0.15, 0.2) is 0 Å². The van der Waals surface area contributed by atoms with Gasteiger partial charge < -0.3 is 9.73 Å². The maximum absolute atomic E-state index is 5.31. The van der Waals surface area contributed by atoms with E-state index in [-0.39, 0.29) is 0 Å². The highest BCUT2D eigenvalue weighted by molar-refractivity contribution is 5.03. The van der Waals surface area contributed by atoms with E-state index in [1.807, 2.05) is 12.1 Å². The third kappa shape index (κ3) is 3.23. The van der Waals surface area contributed by atoms with E-state index in [2.05, 4.69) is 26.1 Å². The summed E-state index contributed by atoms with van der Waals surface area (Å²) < 4.78 is 5.31. The monoisotopic (exact) mass is 181 g/mol. The lowest BCUT2D eigenvalue weighted by Crippen LogP contribution is -2.28. The van der Waals surface area contributed by atoms with Crippen molar-refractivity contribution < 1.29 is 4.42 Å². The summed E-state index contributed by atoms with van der Waals surface area (Å²) in [5.41, 5.74) is 0. The van der Waals surface area contributed by atoms with Crippen LogP contribution >= 0.6 is 0 Å². The summed E-state index contributed by atoms with van der Waals surface area (Å²) in [7, 11) is 0. The molecule has 0 aliphatic heterocycles. The molecule has 2 heteroatoms. The first-order valence-corrected chi connectivity index (χ1v) is 5.03. The van der Waals surface area contributed by atoms with Crippen LogP contribution < -0.4 is 5.32 Å². The zero-order chi connectivity index (χ0) is 9.68. The van der Waals surface area contributed by atoms with Crippen LogP contribution in [0.5, 0.6) is 0 Å². The molecule has 1 N–H and O–H groups in total. The van der Waals surface area contributed by atoms with Crippen molar-refractivity contribution in [1.29, 1.82) is 0 Å². The van der Waals surface area contributed by atoms with Gasteiger partial charge in [-0.15, -0.1) is 0 Å². The van der Waals surface area contributed by atoms with Gasteiger partial charge in [-0.2, -0.15) is 0 Å². The Bertz CT molecular complexity index is 218. The summed E-state index contributed by atoms with van der Waals surface area (Å²) in [5, 5.41) is 3.49. The van der Waals surface area contributed by atoms with E-state index in [9.17, 15) is 0 Å². The van der Waals surface area contributed by atoms with Crippen molar-refractivity contribution in [3.63, 3.8) is 0 Å². The van der Waals surface area contributed by atoms with Crippen LogP contribution in [0.15, 0.2) is 22.8 Å². The second-order valence-corrected chi connectivity index (χ2v) is 3.59. The van der Waals surface area contributed by atoms with Gasteiger partial charge in [-0.1, -0.05) is 13.3 Å². The lowest BCUT2D eigenvalue weighted by Gasteiger charge is -2.17. The van der Waals surface area contributed by atoms with E-state index in [0.29, 0.717) is 12.1 Å². The van der Waals surface area contributed by atoms with E-state index >= 15 is 0 Å². The maximum atomic E-state index is 5.31. The first-order valence-electron chi connectivity index (χ1n) is 5.03. The Balaban J connectivity index is 2.37. The van der Waals surface area contributed by atoms with Crippen LogP contribution in [0.4, 0.5) is 0 Å². The van der Waals surface area contributed by atoms with Gasteiger partial charge in [-0.25, -0.2) is 0 Å². The standard InChI is InChI=1S/C11H19NO/c1-4-6-9(2)12-10(3)11-7-5-8-13-11/h5,7-10,12H,4,6H2,1-3H3. The molecule has 0 saturated heterocycles. The topological polar surface area (TPSA) is 25.2 Å². The fraction of sp³-hybridized carbons (Fsp3) is 0.636. The molecule has 0 aliphatic carbocycles. The molecule has 2 unspecified atom stereocenters. The molecule has 0 amide bonds. The molecule has 2 nitrogen and oxygen atoms in total. The summed E-state index contributed by atoms with van der Waals surface area (Å²) in [6.07, 6.45) is 4.15. The highest BCUT2D eigenvalue weighted by Crippen LogP contribution is 2.13. The maximum Gasteiger partial charge on any atom is 0.120 e. The van der Waals surface area contributed by atoms with Gasteiger partial charge in [-0.3, -0.25) is 0 Å². The summed E-state index contributed by atoms with van der Waals surface area (Å²) in [6.45, 7) is 6.55. The Morgan fingerprint density at radius 2 is 2.23 bits per heavy atom. The molecule has 0 radical (unpaired) electrons. The number of nitrogens with one attached hydrogen (secondary N) is 1. The molecular formula is C11H19NO. The van der Waals surface area contributed by atoms with E-state index < -0.39 is 0 Å². The number of hydrogen-bond acceptors (Lipinski definition) is 2. The Hall–Kier alpha value is -0.760. The fourth-order valence-electron chi connectivity index (χ4n) is 1.56. The predicted molar refractivity (Wildman–Crippen MR) is 54.6 cm³/mol. The molecule has 1 rings (SSSR count). The predicted octanol–water partition coefficient (Wildman–Crippen LogP) is 3.12. The molecule has 0 aliphatic rings. The third-order valence-electron chi connectivity index (χ3n) is 2.23. The minimum atomic E-state index is 0.316. The minimum absolute atomic E-state index is 0.316. The van der Waals surface area contributed by atoms with Crippen molar-refractivity contribution in [2.24, 2.45) is 0 Å². The molecule has 0 aromatic carbocycles. The van der Waals surface area contributed by atoms with Crippen LogP contribution in [0, 0.1) is 0 Å². The van der Waals surface area contributed by atoms with Gasteiger partial charge in [0.2, 0.25) is 0 Å². The van der Waals surface area contributed by atoms with Crippen molar-refractivity contribution >= 4 is 0 Å².